The zero-order valence-electron chi connectivity index (χ0n) is 8.35. The van der Waals surface area contributed by atoms with Crippen molar-refractivity contribution < 1.29 is 19.6 Å². The maximum absolute atomic E-state index is 11.4. The average molecular weight is 220 g/mol. The lowest BCUT2D eigenvalue weighted by atomic mass is 10.1. The van der Waals surface area contributed by atoms with Crippen molar-refractivity contribution in [1.29, 1.82) is 0 Å². The van der Waals surface area contributed by atoms with E-state index >= 15 is 0 Å². The van der Waals surface area contributed by atoms with Crippen LogP contribution >= 0.6 is 0 Å². The number of hydrogen-bond acceptors (Lipinski definition) is 4. The van der Waals surface area contributed by atoms with Gasteiger partial charge < -0.3 is 5.32 Å². The predicted molar refractivity (Wildman–Crippen MR) is 52.1 cm³/mol. The summed E-state index contributed by atoms with van der Waals surface area (Å²) in [5.41, 5.74) is 0.395. The molecule has 1 aromatic carbocycles. The normalized spacial score (nSPS) is 14.0. The van der Waals surface area contributed by atoms with Crippen molar-refractivity contribution in [1.82, 2.24) is 10.4 Å². The number of rotatable bonds is 1. The van der Waals surface area contributed by atoms with E-state index in [1.165, 1.54) is 25.2 Å². The van der Waals surface area contributed by atoms with Crippen LogP contribution in [0.1, 0.15) is 31.1 Å². The van der Waals surface area contributed by atoms with E-state index in [-0.39, 0.29) is 27.7 Å². The third-order valence-corrected chi connectivity index (χ3v) is 2.35. The van der Waals surface area contributed by atoms with Gasteiger partial charge in [-0.25, -0.2) is 0 Å². The number of nitrogens with zero attached hydrogens (tertiary/aromatic N) is 1. The highest BCUT2D eigenvalue weighted by Crippen LogP contribution is 2.22. The molecule has 1 aliphatic rings. The molecule has 82 valence electrons. The second kappa shape index (κ2) is 3.42. The average Bonchev–Trinajstić information content (AvgIpc) is 2.53. The SMILES string of the molecule is CNC(=O)c1ccc2c(c1)C(=O)N(O)C2=O. The summed E-state index contributed by atoms with van der Waals surface area (Å²) in [6.07, 6.45) is 0. The van der Waals surface area contributed by atoms with Crippen molar-refractivity contribution in [2.45, 2.75) is 0 Å². The Morgan fingerprint density at radius 3 is 2.50 bits per heavy atom. The first-order valence-corrected chi connectivity index (χ1v) is 4.50. The lowest BCUT2D eigenvalue weighted by molar-refractivity contribution is -0.0327. The quantitative estimate of drug-likeness (QED) is 0.516. The van der Waals surface area contributed by atoms with Crippen molar-refractivity contribution in [3.05, 3.63) is 34.9 Å². The number of imide groups is 1. The fraction of sp³-hybridized carbons (Fsp3) is 0.100. The number of hydroxylamine groups is 2. The van der Waals surface area contributed by atoms with Gasteiger partial charge in [0.1, 0.15) is 0 Å². The number of hydrogen-bond donors (Lipinski definition) is 2. The van der Waals surface area contributed by atoms with E-state index in [2.05, 4.69) is 5.32 Å². The van der Waals surface area contributed by atoms with Crippen molar-refractivity contribution in [3.63, 3.8) is 0 Å². The largest absolute Gasteiger partial charge is 0.355 e. The topological polar surface area (TPSA) is 86.7 Å². The second-order valence-corrected chi connectivity index (χ2v) is 3.26. The Labute approximate surface area is 90.4 Å². The van der Waals surface area contributed by atoms with Gasteiger partial charge >= 0.3 is 0 Å². The highest BCUT2D eigenvalue weighted by atomic mass is 16.5. The molecule has 6 heteroatoms. The zero-order valence-corrected chi connectivity index (χ0v) is 8.35. The van der Waals surface area contributed by atoms with Crippen LogP contribution in [0.4, 0.5) is 0 Å². The first-order chi connectivity index (χ1) is 7.56. The molecular formula is C10H8N2O4. The number of nitrogens with one attached hydrogen (secondary N) is 1. The summed E-state index contributed by atoms with van der Waals surface area (Å²) in [6, 6.07) is 4.04. The maximum atomic E-state index is 11.4. The van der Waals surface area contributed by atoms with E-state index in [1.807, 2.05) is 0 Å². The standard InChI is InChI=1S/C10H8N2O4/c1-11-8(13)5-2-3-6-7(4-5)10(15)12(16)9(6)14/h2-4,16H,1H3,(H,11,13). The van der Waals surface area contributed by atoms with Gasteiger partial charge in [-0.15, -0.1) is 5.06 Å². The van der Waals surface area contributed by atoms with Crippen LogP contribution in [-0.4, -0.2) is 35.0 Å². The molecule has 0 atom stereocenters. The van der Waals surface area contributed by atoms with Crippen LogP contribution in [0.3, 0.4) is 0 Å². The van der Waals surface area contributed by atoms with Gasteiger partial charge in [-0.1, -0.05) is 0 Å². The molecule has 0 saturated heterocycles. The Balaban J connectivity index is 2.53. The number of carbonyl (C=O) groups excluding carboxylic acids is 3. The lowest BCUT2D eigenvalue weighted by Gasteiger charge is -2.00. The van der Waals surface area contributed by atoms with E-state index < -0.39 is 11.8 Å². The molecule has 0 saturated carbocycles. The first-order valence-electron chi connectivity index (χ1n) is 4.50. The molecular weight excluding hydrogens is 212 g/mol. The molecule has 3 amide bonds. The van der Waals surface area contributed by atoms with E-state index in [1.54, 1.807) is 0 Å². The number of benzene rings is 1. The van der Waals surface area contributed by atoms with Gasteiger partial charge in [-0.3, -0.25) is 19.6 Å². The summed E-state index contributed by atoms with van der Waals surface area (Å²) < 4.78 is 0. The third-order valence-electron chi connectivity index (χ3n) is 2.35. The Morgan fingerprint density at radius 2 is 1.88 bits per heavy atom. The van der Waals surface area contributed by atoms with Gasteiger partial charge in [0.15, 0.2) is 0 Å². The van der Waals surface area contributed by atoms with Crippen molar-refractivity contribution in [3.8, 4) is 0 Å². The monoisotopic (exact) mass is 220 g/mol. The van der Waals surface area contributed by atoms with Gasteiger partial charge in [0, 0.05) is 12.6 Å². The van der Waals surface area contributed by atoms with E-state index in [0.29, 0.717) is 0 Å². The molecule has 0 spiro atoms. The molecule has 0 unspecified atom stereocenters. The number of carbonyl (C=O) groups is 3. The number of amides is 3. The molecule has 0 fully saturated rings. The second-order valence-electron chi connectivity index (χ2n) is 3.26. The molecule has 2 N–H and O–H groups in total. The Hall–Kier alpha value is -2.21. The summed E-state index contributed by atoms with van der Waals surface area (Å²) in [5.74, 6) is -1.95. The minimum absolute atomic E-state index is 0.0357. The molecule has 1 aliphatic heterocycles. The lowest BCUT2D eigenvalue weighted by Crippen LogP contribution is -2.25. The Morgan fingerprint density at radius 1 is 1.25 bits per heavy atom. The maximum Gasteiger partial charge on any atom is 0.285 e. The predicted octanol–water partition coefficient (Wildman–Crippen LogP) is 0.0314. The molecule has 0 bridgehead atoms. The van der Waals surface area contributed by atoms with Crippen LogP contribution in [0.2, 0.25) is 0 Å². The van der Waals surface area contributed by atoms with E-state index in [0.717, 1.165) is 0 Å². The summed E-state index contributed by atoms with van der Waals surface area (Å²) in [5, 5.41) is 11.5. The highest BCUT2D eigenvalue weighted by molar-refractivity contribution is 6.21. The van der Waals surface area contributed by atoms with E-state index in [4.69, 9.17) is 5.21 Å². The van der Waals surface area contributed by atoms with Crippen LogP contribution in [0.5, 0.6) is 0 Å². The van der Waals surface area contributed by atoms with Crippen molar-refractivity contribution >= 4 is 17.7 Å². The molecule has 2 rings (SSSR count). The minimum atomic E-state index is -0.814. The molecule has 0 aromatic heterocycles. The summed E-state index contributed by atoms with van der Waals surface area (Å²) in [6.45, 7) is 0. The van der Waals surface area contributed by atoms with Crippen LogP contribution < -0.4 is 5.32 Å². The molecule has 1 aromatic rings. The van der Waals surface area contributed by atoms with Gasteiger partial charge in [0.25, 0.3) is 17.7 Å². The number of fused-ring (bicyclic) bond motifs is 1. The van der Waals surface area contributed by atoms with Crippen LogP contribution in [0, 0.1) is 0 Å². The summed E-state index contributed by atoms with van der Waals surface area (Å²) >= 11 is 0. The molecule has 6 nitrogen and oxygen atoms in total. The first kappa shape index (κ1) is 10.3. The Bertz CT molecular complexity index is 510. The fourth-order valence-electron chi connectivity index (χ4n) is 1.51. The zero-order chi connectivity index (χ0) is 11.9. The fourth-order valence-corrected chi connectivity index (χ4v) is 1.51. The van der Waals surface area contributed by atoms with Crippen molar-refractivity contribution in [2.24, 2.45) is 0 Å². The van der Waals surface area contributed by atoms with Gasteiger partial charge in [-0.05, 0) is 18.2 Å². The van der Waals surface area contributed by atoms with Gasteiger partial charge in [-0.2, -0.15) is 0 Å². The smallest absolute Gasteiger partial charge is 0.285 e. The summed E-state index contributed by atoms with van der Waals surface area (Å²) in [4.78, 5) is 34.0. The van der Waals surface area contributed by atoms with Crippen LogP contribution in [0.15, 0.2) is 18.2 Å². The van der Waals surface area contributed by atoms with Crippen molar-refractivity contribution in [2.75, 3.05) is 7.05 Å². The minimum Gasteiger partial charge on any atom is -0.355 e. The van der Waals surface area contributed by atoms with Gasteiger partial charge in [0.2, 0.25) is 0 Å². The van der Waals surface area contributed by atoms with Crippen LogP contribution in [0.25, 0.3) is 0 Å². The summed E-state index contributed by atoms with van der Waals surface area (Å²) in [7, 11) is 1.46. The third kappa shape index (κ3) is 1.28. The molecule has 0 aliphatic carbocycles. The molecule has 1 heterocycles. The molecule has 0 radical (unpaired) electrons. The van der Waals surface area contributed by atoms with Crippen LogP contribution in [-0.2, 0) is 0 Å². The van der Waals surface area contributed by atoms with E-state index in [9.17, 15) is 14.4 Å². The van der Waals surface area contributed by atoms with Gasteiger partial charge in [0.05, 0.1) is 11.1 Å². The Kier molecular flexibility index (Phi) is 2.21. The highest BCUT2D eigenvalue weighted by Gasteiger charge is 2.35. The molecule has 16 heavy (non-hydrogen) atoms.